The second-order valence-corrected chi connectivity index (χ2v) is 5.62. The van der Waals surface area contributed by atoms with Gasteiger partial charge in [0.1, 0.15) is 0 Å². The number of anilines is 2. The fraction of sp³-hybridized carbons (Fsp3) is 0.533. The number of esters is 1. The van der Waals surface area contributed by atoms with E-state index >= 15 is 0 Å². The van der Waals surface area contributed by atoms with E-state index in [1.165, 1.54) is 13.5 Å². The first-order valence-electron chi connectivity index (χ1n) is 6.74. The van der Waals surface area contributed by atoms with Crippen LogP contribution in [0.5, 0.6) is 0 Å². The highest BCUT2D eigenvalue weighted by molar-refractivity contribution is 5.92. The topological polar surface area (TPSA) is 55.6 Å². The van der Waals surface area contributed by atoms with Gasteiger partial charge in [0.15, 0.2) is 0 Å². The number of carbonyl (C=O) groups is 1. The van der Waals surface area contributed by atoms with E-state index in [0.29, 0.717) is 23.1 Å². The van der Waals surface area contributed by atoms with Gasteiger partial charge in [-0.3, -0.25) is 0 Å². The number of nitrogens with two attached hydrogens (primary N) is 1. The molecule has 0 saturated carbocycles. The molecule has 4 nitrogen and oxygen atoms in total. The van der Waals surface area contributed by atoms with Gasteiger partial charge >= 0.3 is 5.97 Å². The Morgan fingerprint density at radius 2 is 1.95 bits per heavy atom. The summed E-state index contributed by atoms with van der Waals surface area (Å²) < 4.78 is 4.70. The summed E-state index contributed by atoms with van der Waals surface area (Å²) in [5, 5.41) is 0. The van der Waals surface area contributed by atoms with Gasteiger partial charge in [-0.15, -0.1) is 0 Å². The molecular weight excluding hydrogens is 240 g/mol. The van der Waals surface area contributed by atoms with Crippen molar-refractivity contribution in [3.05, 3.63) is 23.8 Å². The lowest BCUT2D eigenvalue weighted by molar-refractivity contribution is 0.0601. The number of nitrogen functional groups attached to an aromatic ring is 1. The van der Waals surface area contributed by atoms with Crippen LogP contribution in [0.25, 0.3) is 0 Å². The SMILES string of the molecule is COC(=O)c1ccc(N2C[C@H](C)C[C@H](C)C2)c(N)c1. The van der Waals surface area contributed by atoms with Crippen molar-refractivity contribution in [1.29, 1.82) is 0 Å². The van der Waals surface area contributed by atoms with E-state index in [1.807, 2.05) is 6.07 Å². The van der Waals surface area contributed by atoms with Crippen LogP contribution in [0.1, 0.15) is 30.6 Å². The van der Waals surface area contributed by atoms with E-state index in [4.69, 9.17) is 10.5 Å². The summed E-state index contributed by atoms with van der Waals surface area (Å²) in [6.07, 6.45) is 1.26. The molecule has 1 aliphatic heterocycles. The van der Waals surface area contributed by atoms with Crippen LogP contribution in [0.15, 0.2) is 18.2 Å². The molecule has 19 heavy (non-hydrogen) atoms. The number of benzene rings is 1. The van der Waals surface area contributed by atoms with E-state index in [2.05, 4.69) is 18.7 Å². The van der Waals surface area contributed by atoms with Crippen LogP contribution in [-0.4, -0.2) is 26.2 Å². The van der Waals surface area contributed by atoms with Crippen LogP contribution in [0, 0.1) is 11.8 Å². The molecule has 2 N–H and O–H groups in total. The monoisotopic (exact) mass is 262 g/mol. The first-order chi connectivity index (χ1) is 9.01. The second kappa shape index (κ2) is 5.51. The third-order valence-electron chi connectivity index (χ3n) is 3.66. The van der Waals surface area contributed by atoms with E-state index in [0.717, 1.165) is 18.8 Å². The smallest absolute Gasteiger partial charge is 0.337 e. The predicted molar refractivity (Wildman–Crippen MR) is 77.4 cm³/mol. The molecule has 2 atom stereocenters. The molecule has 2 rings (SSSR count). The van der Waals surface area contributed by atoms with E-state index in [-0.39, 0.29) is 5.97 Å². The molecule has 0 aromatic heterocycles. The van der Waals surface area contributed by atoms with Gasteiger partial charge in [0.2, 0.25) is 0 Å². The third kappa shape index (κ3) is 3.00. The fourth-order valence-corrected chi connectivity index (χ4v) is 2.95. The number of carbonyl (C=O) groups excluding carboxylic acids is 1. The number of methoxy groups -OCH3 is 1. The molecule has 0 aliphatic carbocycles. The fourth-order valence-electron chi connectivity index (χ4n) is 2.95. The Balaban J connectivity index is 2.23. The van der Waals surface area contributed by atoms with Crippen molar-refractivity contribution in [2.75, 3.05) is 30.8 Å². The van der Waals surface area contributed by atoms with Crippen molar-refractivity contribution in [3.8, 4) is 0 Å². The number of piperidine rings is 1. The van der Waals surface area contributed by atoms with Crippen molar-refractivity contribution in [3.63, 3.8) is 0 Å². The number of rotatable bonds is 2. The molecule has 1 aliphatic rings. The highest BCUT2D eigenvalue weighted by Crippen LogP contribution is 2.30. The van der Waals surface area contributed by atoms with E-state index < -0.39 is 0 Å². The van der Waals surface area contributed by atoms with Crippen LogP contribution in [0.3, 0.4) is 0 Å². The quantitative estimate of drug-likeness (QED) is 0.657. The highest BCUT2D eigenvalue weighted by atomic mass is 16.5. The van der Waals surface area contributed by atoms with Gasteiger partial charge in [0.25, 0.3) is 0 Å². The summed E-state index contributed by atoms with van der Waals surface area (Å²) in [5.74, 6) is 0.991. The Morgan fingerprint density at radius 3 is 2.47 bits per heavy atom. The molecule has 0 radical (unpaired) electrons. The molecule has 0 bridgehead atoms. The summed E-state index contributed by atoms with van der Waals surface area (Å²) in [7, 11) is 1.38. The molecule has 1 heterocycles. The zero-order valence-corrected chi connectivity index (χ0v) is 11.8. The Hall–Kier alpha value is -1.71. The van der Waals surface area contributed by atoms with Crippen molar-refractivity contribution in [1.82, 2.24) is 0 Å². The Labute approximate surface area is 114 Å². The zero-order chi connectivity index (χ0) is 14.0. The molecular formula is C15H22N2O2. The lowest BCUT2D eigenvalue weighted by Crippen LogP contribution is -2.39. The van der Waals surface area contributed by atoms with Crippen LogP contribution >= 0.6 is 0 Å². The van der Waals surface area contributed by atoms with Gasteiger partial charge in [0, 0.05) is 13.1 Å². The molecule has 0 unspecified atom stereocenters. The van der Waals surface area contributed by atoms with Gasteiger partial charge in [-0.1, -0.05) is 13.8 Å². The van der Waals surface area contributed by atoms with Crippen molar-refractivity contribution in [2.24, 2.45) is 11.8 Å². The predicted octanol–water partition coefficient (Wildman–Crippen LogP) is 2.54. The third-order valence-corrected chi connectivity index (χ3v) is 3.66. The molecule has 0 amide bonds. The standard InChI is InChI=1S/C15H22N2O2/c1-10-6-11(2)9-17(8-10)14-5-4-12(7-13(14)16)15(18)19-3/h4-5,7,10-11H,6,8-9,16H2,1-3H3/t10-,11+. The second-order valence-electron chi connectivity index (χ2n) is 5.62. The lowest BCUT2D eigenvalue weighted by atomic mass is 9.91. The summed E-state index contributed by atoms with van der Waals surface area (Å²) >= 11 is 0. The molecule has 1 fully saturated rings. The van der Waals surface area contributed by atoms with Crippen molar-refractivity contribution in [2.45, 2.75) is 20.3 Å². The van der Waals surface area contributed by atoms with Crippen LogP contribution in [0.4, 0.5) is 11.4 Å². The first kappa shape index (κ1) is 13.7. The molecule has 1 aromatic carbocycles. The van der Waals surface area contributed by atoms with E-state index in [9.17, 15) is 4.79 Å². The minimum Gasteiger partial charge on any atom is -0.465 e. The summed E-state index contributed by atoms with van der Waals surface area (Å²) in [6.45, 7) is 6.57. The number of hydrogen-bond acceptors (Lipinski definition) is 4. The first-order valence-corrected chi connectivity index (χ1v) is 6.74. The van der Waals surface area contributed by atoms with Gasteiger partial charge < -0.3 is 15.4 Å². The van der Waals surface area contributed by atoms with Gasteiger partial charge in [-0.2, -0.15) is 0 Å². The van der Waals surface area contributed by atoms with Crippen LogP contribution in [-0.2, 0) is 4.74 Å². The normalized spacial score (nSPS) is 23.2. The summed E-state index contributed by atoms with van der Waals surface area (Å²) in [5.41, 5.74) is 8.25. The zero-order valence-electron chi connectivity index (χ0n) is 11.8. The van der Waals surface area contributed by atoms with Crippen LogP contribution in [0.2, 0.25) is 0 Å². The largest absolute Gasteiger partial charge is 0.465 e. The minimum atomic E-state index is -0.348. The summed E-state index contributed by atoms with van der Waals surface area (Å²) in [4.78, 5) is 13.8. The number of ether oxygens (including phenoxy) is 1. The molecule has 104 valence electrons. The summed E-state index contributed by atoms with van der Waals surface area (Å²) in [6, 6.07) is 5.40. The van der Waals surface area contributed by atoms with Gasteiger partial charge in [-0.05, 0) is 36.5 Å². The maximum atomic E-state index is 11.5. The highest BCUT2D eigenvalue weighted by Gasteiger charge is 2.23. The number of nitrogens with zero attached hydrogens (tertiary/aromatic N) is 1. The Bertz CT molecular complexity index is 463. The average Bonchev–Trinajstić information content (AvgIpc) is 2.36. The lowest BCUT2D eigenvalue weighted by Gasteiger charge is -2.37. The van der Waals surface area contributed by atoms with E-state index in [1.54, 1.807) is 12.1 Å². The molecule has 0 spiro atoms. The van der Waals surface area contributed by atoms with Gasteiger partial charge in [-0.25, -0.2) is 4.79 Å². The minimum absolute atomic E-state index is 0.348. The Morgan fingerprint density at radius 1 is 1.32 bits per heavy atom. The maximum Gasteiger partial charge on any atom is 0.337 e. The van der Waals surface area contributed by atoms with Gasteiger partial charge in [0.05, 0.1) is 24.0 Å². The van der Waals surface area contributed by atoms with Crippen molar-refractivity contribution < 1.29 is 9.53 Å². The molecule has 1 aromatic rings. The number of hydrogen-bond donors (Lipinski definition) is 1. The maximum absolute atomic E-state index is 11.5. The average molecular weight is 262 g/mol. The molecule has 1 saturated heterocycles. The molecule has 4 heteroatoms. The van der Waals surface area contributed by atoms with Crippen molar-refractivity contribution >= 4 is 17.3 Å². The Kier molecular flexibility index (Phi) is 3.98. The van der Waals surface area contributed by atoms with Crippen LogP contribution < -0.4 is 10.6 Å².